The van der Waals surface area contributed by atoms with Crippen LogP contribution in [0.25, 0.3) is 0 Å². The van der Waals surface area contributed by atoms with Crippen LogP contribution in [0.5, 0.6) is 5.75 Å². The molecule has 2 aromatic carbocycles. The highest BCUT2D eigenvalue weighted by Gasteiger charge is 2.11. The van der Waals surface area contributed by atoms with Gasteiger partial charge >= 0.3 is 0 Å². The smallest absolute Gasteiger partial charge is 0.138 e. The van der Waals surface area contributed by atoms with E-state index in [1.54, 1.807) is 18.2 Å². The molecule has 0 amide bonds. The molecule has 24 heavy (non-hydrogen) atoms. The lowest BCUT2D eigenvalue weighted by Crippen LogP contribution is -2.33. The highest BCUT2D eigenvalue weighted by Crippen LogP contribution is 2.27. The number of benzene rings is 2. The van der Waals surface area contributed by atoms with Crippen molar-refractivity contribution < 1.29 is 9.84 Å². The van der Waals surface area contributed by atoms with E-state index >= 15 is 0 Å². The second-order valence-electron chi connectivity index (χ2n) is 5.22. The first-order chi connectivity index (χ1) is 11.0. The molecule has 2 N–H and O–H groups in total. The number of rotatable bonds is 7. The standard InChI is InChI=1S/C17H18Cl3NO2.ClH/c1-11(12-3-2-4-13(18)7-12)21-9-15(22)10-23-17-6-5-14(19)8-16(17)20;/h2-8,11,15,21-22H,9-10H2,1H3;1H. The van der Waals surface area contributed by atoms with E-state index in [1.165, 1.54) is 0 Å². The molecule has 2 aromatic rings. The lowest BCUT2D eigenvalue weighted by atomic mass is 10.1. The SMILES string of the molecule is CC(NCC(O)COc1ccc(Cl)cc1Cl)c1cccc(Cl)c1.Cl. The average Bonchev–Trinajstić information content (AvgIpc) is 2.51. The van der Waals surface area contributed by atoms with Crippen molar-refractivity contribution in [3.8, 4) is 5.75 Å². The highest BCUT2D eigenvalue weighted by atomic mass is 35.5. The molecule has 0 heterocycles. The van der Waals surface area contributed by atoms with E-state index in [2.05, 4.69) is 5.32 Å². The van der Waals surface area contributed by atoms with Crippen molar-refractivity contribution in [1.82, 2.24) is 5.32 Å². The molecular weight excluding hydrogens is 392 g/mol. The molecule has 7 heteroatoms. The predicted molar refractivity (Wildman–Crippen MR) is 103 cm³/mol. The van der Waals surface area contributed by atoms with E-state index in [0.717, 1.165) is 5.56 Å². The fourth-order valence-corrected chi connectivity index (χ4v) is 2.71. The van der Waals surface area contributed by atoms with Gasteiger partial charge in [0.25, 0.3) is 0 Å². The van der Waals surface area contributed by atoms with Crippen LogP contribution >= 0.6 is 47.2 Å². The maximum absolute atomic E-state index is 10.0. The Kier molecular flexibility index (Phi) is 9.21. The molecular formula is C17H19Cl4NO2. The first-order valence-electron chi connectivity index (χ1n) is 7.20. The van der Waals surface area contributed by atoms with Crippen molar-refractivity contribution in [2.75, 3.05) is 13.2 Å². The minimum Gasteiger partial charge on any atom is -0.489 e. The molecule has 0 spiro atoms. The first-order valence-corrected chi connectivity index (χ1v) is 8.34. The van der Waals surface area contributed by atoms with Gasteiger partial charge in [0.2, 0.25) is 0 Å². The summed E-state index contributed by atoms with van der Waals surface area (Å²) < 4.78 is 5.51. The van der Waals surface area contributed by atoms with Crippen molar-refractivity contribution in [1.29, 1.82) is 0 Å². The molecule has 2 rings (SSSR count). The Balaban J connectivity index is 0.00000288. The highest BCUT2D eigenvalue weighted by molar-refractivity contribution is 6.35. The Bertz CT molecular complexity index is 654. The van der Waals surface area contributed by atoms with E-state index in [9.17, 15) is 5.11 Å². The quantitative estimate of drug-likeness (QED) is 0.662. The molecule has 0 fully saturated rings. The van der Waals surface area contributed by atoms with Gasteiger partial charge in [0.15, 0.2) is 0 Å². The van der Waals surface area contributed by atoms with E-state index in [0.29, 0.717) is 27.4 Å². The normalized spacial score (nSPS) is 13.0. The zero-order chi connectivity index (χ0) is 16.8. The molecule has 0 radical (unpaired) electrons. The summed E-state index contributed by atoms with van der Waals surface area (Å²) in [6, 6.07) is 12.7. The van der Waals surface area contributed by atoms with Crippen LogP contribution in [0.2, 0.25) is 15.1 Å². The van der Waals surface area contributed by atoms with Crippen molar-refractivity contribution in [3.05, 3.63) is 63.1 Å². The molecule has 0 aromatic heterocycles. The van der Waals surface area contributed by atoms with Gasteiger partial charge in [-0.05, 0) is 42.8 Å². The Hall–Kier alpha value is -0.680. The van der Waals surface area contributed by atoms with Crippen molar-refractivity contribution in [2.45, 2.75) is 19.1 Å². The number of hydrogen-bond acceptors (Lipinski definition) is 3. The molecule has 0 bridgehead atoms. The van der Waals surface area contributed by atoms with Gasteiger partial charge in [0.05, 0.1) is 5.02 Å². The summed E-state index contributed by atoms with van der Waals surface area (Å²) in [5.41, 5.74) is 1.06. The number of aliphatic hydroxyl groups excluding tert-OH is 1. The van der Waals surface area contributed by atoms with Crippen LogP contribution in [-0.4, -0.2) is 24.4 Å². The molecule has 0 aliphatic rings. The van der Waals surface area contributed by atoms with E-state index < -0.39 is 6.10 Å². The number of aliphatic hydroxyl groups is 1. The lowest BCUT2D eigenvalue weighted by molar-refractivity contribution is 0.104. The summed E-state index contributed by atoms with van der Waals surface area (Å²) in [7, 11) is 0. The molecule has 0 saturated carbocycles. The van der Waals surface area contributed by atoms with Crippen LogP contribution in [0.3, 0.4) is 0 Å². The summed E-state index contributed by atoms with van der Waals surface area (Å²) >= 11 is 17.8. The Morgan fingerprint density at radius 1 is 1.08 bits per heavy atom. The third-order valence-electron chi connectivity index (χ3n) is 3.33. The number of ether oxygens (including phenoxy) is 1. The molecule has 2 unspecified atom stereocenters. The van der Waals surface area contributed by atoms with Crippen LogP contribution in [0.15, 0.2) is 42.5 Å². The third kappa shape index (κ3) is 6.67. The second kappa shape index (κ2) is 10.3. The minimum absolute atomic E-state index is 0. The summed E-state index contributed by atoms with van der Waals surface area (Å²) in [6.07, 6.45) is -0.664. The van der Waals surface area contributed by atoms with Crippen LogP contribution in [0.1, 0.15) is 18.5 Å². The second-order valence-corrected chi connectivity index (χ2v) is 6.50. The van der Waals surface area contributed by atoms with Gasteiger partial charge in [-0.15, -0.1) is 12.4 Å². The predicted octanol–water partition coefficient (Wildman–Crippen LogP) is 5.16. The molecule has 2 atom stereocenters. The first kappa shape index (κ1) is 21.4. The van der Waals surface area contributed by atoms with Crippen molar-refractivity contribution in [3.63, 3.8) is 0 Å². The zero-order valence-electron chi connectivity index (χ0n) is 13.0. The van der Waals surface area contributed by atoms with E-state index in [-0.39, 0.29) is 25.1 Å². The molecule has 0 saturated heterocycles. The van der Waals surface area contributed by atoms with Gasteiger partial charge in [0.1, 0.15) is 18.5 Å². The summed E-state index contributed by atoms with van der Waals surface area (Å²) in [5, 5.41) is 14.9. The third-order valence-corrected chi connectivity index (χ3v) is 4.10. The Labute approximate surface area is 163 Å². The summed E-state index contributed by atoms with van der Waals surface area (Å²) in [5.74, 6) is 0.498. The van der Waals surface area contributed by atoms with Crippen molar-refractivity contribution >= 4 is 47.2 Å². The van der Waals surface area contributed by atoms with Gasteiger partial charge in [-0.1, -0.05) is 46.9 Å². The fraction of sp³-hybridized carbons (Fsp3) is 0.294. The summed E-state index contributed by atoms with van der Waals surface area (Å²) in [4.78, 5) is 0. The minimum atomic E-state index is -0.664. The maximum Gasteiger partial charge on any atom is 0.138 e. The average molecular weight is 411 g/mol. The summed E-state index contributed by atoms with van der Waals surface area (Å²) in [6.45, 7) is 2.53. The topological polar surface area (TPSA) is 41.5 Å². The van der Waals surface area contributed by atoms with Gasteiger partial charge in [-0.2, -0.15) is 0 Å². The van der Waals surface area contributed by atoms with Crippen molar-refractivity contribution in [2.24, 2.45) is 0 Å². The van der Waals surface area contributed by atoms with Gasteiger partial charge in [-0.25, -0.2) is 0 Å². The van der Waals surface area contributed by atoms with E-state index in [1.807, 2.05) is 31.2 Å². The number of halogens is 4. The molecule has 3 nitrogen and oxygen atoms in total. The Morgan fingerprint density at radius 3 is 2.46 bits per heavy atom. The molecule has 0 aliphatic heterocycles. The van der Waals surface area contributed by atoms with Gasteiger partial charge in [0, 0.05) is 22.6 Å². The number of hydrogen-bond donors (Lipinski definition) is 2. The molecule has 0 aliphatic carbocycles. The zero-order valence-corrected chi connectivity index (χ0v) is 16.1. The lowest BCUT2D eigenvalue weighted by Gasteiger charge is -2.18. The largest absolute Gasteiger partial charge is 0.489 e. The van der Waals surface area contributed by atoms with Gasteiger partial charge < -0.3 is 15.2 Å². The maximum atomic E-state index is 10.0. The monoisotopic (exact) mass is 409 g/mol. The van der Waals surface area contributed by atoms with Gasteiger partial charge in [-0.3, -0.25) is 0 Å². The van der Waals surface area contributed by atoms with Crippen LogP contribution in [0, 0.1) is 0 Å². The fourth-order valence-electron chi connectivity index (χ4n) is 2.04. The van der Waals surface area contributed by atoms with Crippen LogP contribution in [-0.2, 0) is 0 Å². The number of nitrogens with one attached hydrogen (secondary N) is 1. The van der Waals surface area contributed by atoms with Crippen LogP contribution in [0.4, 0.5) is 0 Å². The van der Waals surface area contributed by atoms with Crippen LogP contribution < -0.4 is 10.1 Å². The molecule has 132 valence electrons. The Morgan fingerprint density at radius 2 is 1.79 bits per heavy atom. The van der Waals surface area contributed by atoms with E-state index in [4.69, 9.17) is 39.5 Å².